The standard InChI is InChI=1S/C11H14N2O3/c1-8(11(15)16)12-7-10(14)13-9-5-3-2-4-6-9/h2-6,8,12H,7H2,1H3,(H,13,14)(H,15,16)/t8-/m1/s1. The van der Waals surface area contributed by atoms with Gasteiger partial charge in [-0.15, -0.1) is 0 Å². The van der Waals surface area contributed by atoms with Crippen LogP contribution in [0.15, 0.2) is 30.3 Å². The van der Waals surface area contributed by atoms with Crippen LogP contribution in [-0.4, -0.2) is 29.6 Å². The molecule has 0 aliphatic rings. The molecular weight excluding hydrogens is 208 g/mol. The molecule has 1 aromatic rings. The number of carbonyl (C=O) groups is 2. The van der Waals surface area contributed by atoms with Gasteiger partial charge in [-0.25, -0.2) is 0 Å². The predicted molar refractivity (Wildman–Crippen MR) is 60.2 cm³/mol. The summed E-state index contributed by atoms with van der Waals surface area (Å²) in [5.41, 5.74) is 0.692. The maximum Gasteiger partial charge on any atom is 0.320 e. The molecule has 0 radical (unpaired) electrons. The largest absolute Gasteiger partial charge is 0.480 e. The predicted octanol–water partition coefficient (Wildman–Crippen LogP) is 0.688. The van der Waals surface area contributed by atoms with Gasteiger partial charge in [0, 0.05) is 5.69 Å². The number of para-hydroxylation sites is 1. The van der Waals surface area contributed by atoms with E-state index in [0.29, 0.717) is 5.69 Å². The fourth-order valence-corrected chi connectivity index (χ4v) is 1.06. The third kappa shape index (κ3) is 4.10. The highest BCUT2D eigenvalue weighted by molar-refractivity contribution is 5.92. The van der Waals surface area contributed by atoms with Crippen LogP contribution in [0.25, 0.3) is 0 Å². The molecule has 0 aromatic heterocycles. The van der Waals surface area contributed by atoms with Gasteiger partial charge in [0.2, 0.25) is 5.91 Å². The summed E-state index contributed by atoms with van der Waals surface area (Å²) in [5, 5.41) is 13.8. The van der Waals surface area contributed by atoms with E-state index in [4.69, 9.17) is 5.11 Å². The third-order valence-electron chi connectivity index (χ3n) is 2.00. The molecule has 1 aromatic carbocycles. The van der Waals surface area contributed by atoms with Gasteiger partial charge in [-0.05, 0) is 19.1 Å². The first kappa shape index (κ1) is 12.2. The van der Waals surface area contributed by atoms with E-state index in [1.165, 1.54) is 6.92 Å². The van der Waals surface area contributed by atoms with Gasteiger partial charge in [-0.3, -0.25) is 14.9 Å². The molecule has 0 saturated carbocycles. The smallest absolute Gasteiger partial charge is 0.320 e. The number of rotatable bonds is 5. The van der Waals surface area contributed by atoms with Crippen LogP contribution in [-0.2, 0) is 9.59 Å². The summed E-state index contributed by atoms with van der Waals surface area (Å²) >= 11 is 0. The number of amides is 1. The Morgan fingerprint density at radius 2 is 1.94 bits per heavy atom. The van der Waals surface area contributed by atoms with Crippen LogP contribution in [0.2, 0.25) is 0 Å². The highest BCUT2D eigenvalue weighted by Gasteiger charge is 2.11. The highest BCUT2D eigenvalue weighted by atomic mass is 16.4. The zero-order valence-electron chi connectivity index (χ0n) is 8.93. The van der Waals surface area contributed by atoms with Crippen molar-refractivity contribution in [2.45, 2.75) is 13.0 Å². The van der Waals surface area contributed by atoms with Crippen LogP contribution in [0.4, 0.5) is 5.69 Å². The molecule has 86 valence electrons. The van der Waals surface area contributed by atoms with Gasteiger partial charge >= 0.3 is 5.97 Å². The van der Waals surface area contributed by atoms with Crippen molar-refractivity contribution in [2.24, 2.45) is 0 Å². The van der Waals surface area contributed by atoms with Crippen molar-refractivity contribution in [3.63, 3.8) is 0 Å². The number of anilines is 1. The van der Waals surface area contributed by atoms with Gasteiger partial charge in [0.15, 0.2) is 0 Å². The molecule has 0 aliphatic carbocycles. The fraction of sp³-hybridized carbons (Fsp3) is 0.273. The van der Waals surface area contributed by atoms with Gasteiger partial charge in [-0.1, -0.05) is 18.2 Å². The van der Waals surface area contributed by atoms with Crippen molar-refractivity contribution in [1.82, 2.24) is 5.32 Å². The summed E-state index contributed by atoms with van der Waals surface area (Å²) < 4.78 is 0. The lowest BCUT2D eigenvalue weighted by Crippen LogP contribution is -2.39. The molecule has 0 spiro atoms. The van der Waals surface area contributed by atoms with Crippen molar-refractivity contribution in [1.29, 1.82) is 0 Å². The number of hydrogen-bond acceptors (Lipinski definition) is 3. The zero-order valence-corrected chi connectivity index (χ0v) is 8.93. The average molecular weight is 222 g/mol. The van der Waals surface area contributed by atoms with E-state index in [1.807, 2.05) is 18.2 Å². The van der Waals surface area contributed by atoms with Gasteiger partial charge in [0.1, 0.15) is 6.04 Å². The quantitative estimate of drug-likeness (QED) is 0.684. The minimum Gasteiger partial charge on any atom is -0.480 e. The van der Waals surface area contributed by atoms with Gasteiger partial charge in [0.25, 0.3) is 0 Å². The monoisotopic (exact) mass is 222 g/mol. The first-order valence-electron chi connectivity index (χ1n) is 4.90. The maximum absolute atomic E-state index is 11.4. The minimum atomic E-state index is -0.979. The Morgan fingerprint density at radius 3 is 2.50 bits per heavy atom. The summed E-state index contributed by atoms with van der Waals surface area (Å²) in [6.07, 6.45) is 0. The van der Waals surface area contributed by atoms with Crippen LogP contribution >= 0.6 is 0 Å². The molecule has 1 amide bonds. The number of carboxylic acids is 1. The maximum atomic E-state index is 11.4. The molecule has 5 heteroatoms. The summed E-state index contributed by atoms with van der Waals surface area (Å²) in [6, 6.07) is 8.25. The second-order valence-corrected chi connectivity index (χ2v) is 3.36. The summed E-state index contributed by atoms with van der Waals surface area (Å²) in [6.45, 7) is 1.46. The number of benzene rings is 1. The number of carboxylic acid groups (broad SMARTS) is 1. The summed E-state index contributed by atoms with van der Waals surface area (Å²) in [4.78, 5) is 21.8. The van der Waals surface area contributed by atoms with E-state index < -0.39 is 12.0 Å². The molecule has 0 unspecified atom stereocenters. The summed E-state index contributed by atoms with van der Waals surface area (Å²) in [7, 11) is 0. The van der Waals surface area contributed by atoms with Crippen molar-refractivity contribution in [3.05, 3.63) is 30.3 Å². The molecule has 0 fully saturated rings. The topological polar surface area (TPSA) is 78.4 Å². The van der Waals surface area contributed by atoms with Crippen molar-refractivity contribution in [3.8, 4) is 0 Å². The molecule has 0 saturated heterocycles. The Hall–Kier alpha value is -1.88. The van der Waals surface area contributed by atoms with E-state index in [2.05, 4.69) is 10.6 Å². The minimum absolute atomic E-state index is 0.0254. The molecule has 16 heavy (non-hydrogen) atoms. The van der Waals surface area contributed by atoms with Crippen LogP contribution in [0.1, 0.15) is 6.92 Å². The van der Waals surface area contributed by atoms with Crippen LogP contribution < -0.4 is 10.6 Å². The van der Waals surface area contributed by atoms with Crippen LogP contribution in [0.5, 0.6) is 0 Å². The van der Waals surface area contributed by atoms with Gasteiger partial charge in [-0.2, -0.15) is 0 Å². The zero-order chi connectivity index (χ0) is 12.0. The Bertz CT molecular complexity index is 365. The number of aliphatic carboxylic acids is 1. The van der Waals surface area contributed by atoms with Crippen molar-refractivity contribution >= 4 is 17.6 Å². The molecule has 1 rings (SSSR count). The lowest BCUT2D eigenvalue weighted by Gasteiger charge is -2.09. The average Bonchev–Trinajstić information content (AvgIpc) is 2.27. The molecule has 0 bridgehead atoms. The molecule has 0 aliphatic heterocycles. The van der Waals surface area contributed by atoms with Gasteiger partial charge < -0.3 is 10.4 Å². The van der Waals surface area contributed by atoms with Gasteiger partial charge in [0.05, 0.1) is 6.54 Å². The lowest BCUT2D eigenvalue weighted by atomic mass is 10.3. The first-order valence-corrected chi connectivity index (χ1v) is 4.90. The van der Waals surface area contributed by atoms with E-state index in [9.17, 15) is 9.59 Å². The third-order valence-corrected chi connectivity index (χ3v) is 2.00. The van der Waals surface area contributed by atoms with E-state index >= 15 is 0 Å². The molecule has 0 heterocycles. The second-order valence-electron chi connectivity index (χ2n) is 3.36. The second kappa shape index (κ2) is 5.87. The summed E-state index contributed by atoms with van der Waals surface area (Å²) in [5.74, 6) is -1.24. The Balaban J connectivity index is 2.35. The Morgan fingerprint density at radius 1 is 1.31 bits per heavy atom. The number of carbonyl (C=O) groups excluding carboxylic acids is 1. The van der Waals surface area contributed by atoms with Crippen LogP contribution in [0.3, 0.4) is 0 Å². The van der Waals surface area contributed by atoms with E-state index in [-0.39, 0.29) is 12.5 Å². The Kier molecular flexibility index (Phi) is 4.47. The highest BCUT2D eigenvalue weighted by Crippen LogP contribution is 2.03. The van der Waals surface area contributed by atoms with Crippen LogP contribution in [0, 0.1) is 0 Å². The first-order chi connectivity index (χ1) is 7.59. The normalized spacial score (nSPS) is 11.8. The number of nitrogens with one attached hydrogen (secondary N) is 2. The molecular formula is C11H14N2O3. The molecule has 5 nitrogen and oxygen atoms in total. The fourth-order valence-electron chi connectivity index (χ4n) is 1.06. The van der Waals surface area contributed by atoms with E-state index in [0.717, 1.165) is 0 Å². The number of hydrogen-bond donors (Lipinski definition) is 3. The molecule has 1 atom stereocenters. The lowest BCUT2D eigenvalue weighted by molar-refractivity contribution is -0.139. The molecule has 3 N–H and O–H groups in total. The van der Waals surface area contributed by atoms with E-state index in [1.54, 1.807) is 12.1 Å². The Labute approximate surface area is 93.5 Å². The van der Waals surface area contributed by atoms with Crippen molar-refractivity contribution < 1.29 is 14.7 Å². The van der Waals surface area contributed by atoms with Crippen molar-refractivity contribution in [2.75, 3.05) is 11.9 Å². The SMILES string of the molecule is C[C@@H](NCC(=O)Nc1ccccc1)C(=O)O.